The third-order valence-corrected chi connectivity index (χ3v) is 5.07. The van der Waals surface area contributed by atoms with Crippen molar-refractivity contribution in [2.75, 3.05) is 5.32 Å². The minimum atomic E-state index is -0.526. The molecule has 4 rings (SSSR count). The summed E-state index contributed by atoms with van der Waals surface area (Å²) in [6, 6.07) is 17.8. The van der Waals surface area contributed by atoms with Gasteiger partial charge in [-0.25, -0.2) is 0 Å². The van der Waals surface area contributed by atoms with Crippen molar-refractivity contribution in [1.82, 2.24) is 5.16 Å². The Kier molecular flexibility index (Phi) is 5.41. The van der Waals surface area contributed by atoms with Crippen molar-refractivity contribution >= 4 is 28.3 Å². The van der Waals surface area contributed by atoms with E-state index >= 15 is 0 Å². The second kappa shape index (κ2) is 8.31. The summed E-state index contributed by atoms with van der Waals surface area (Å²) >= 11 is 0. The van der Waals surface area contributed by atoms with Crippen LogP contribution in [0.25, 0.3) is 10.8 Å². The number of rotatable bonds is 6. The lowest BCUT2D eigenvalue weighted by Crippen LogP contribution is -2.15. The summed E-state index contributed by atoms with van der Waals surface area (Å²) in [5, 5.41) is 8.66. The molecular formula is C24H21N3O4. The van der Waals surface area contributed by atoms with E-state index in [0.29, 0.717) is 28.3 Å². The fraction of sp³-hybridized carbons (Fsp3) is 0.125. The Bertz CT molecular complexity index is 1260. The lowest BCUT2D eigenvalue weighted by atomic mass is 10.0. The van der Waals surface area contributed by atoms with Crippen LogP contribution in [-0.4, -0.2) is 17.0 Å². The van der Waals surface area contributed by atoms with Crippen LogP contribution in [0.15, 0.2) is 65.2 Å². The van der Waals surface area contributed by atoms with Gasteiger partial charge in [0, 0.05) is 11.3 Å². The highest BCUT2D eigenvalue weighted by atomic mass is 16.5. The lowest BCUT2D eigenvalue weighted by molar-refractivity contribution is 0.0997. The molecule has 0 fully saturated rings. The predicted octanol–water partition coefficient (Wildman–Crippen LogP) is 4.37. The summed E-state index contributed by atoms with van der Waals surface area (Å²) in [6.07, 6.45) is 0. The summed E-state index contributed by atoms with van der Waals surface area (Å²) in [6.45, 7) is 3.90. The van der Waals surface area contributed by atoms with Crippen LogP contribution in [0.3, 0.4) is 0 Å². The zero-order valence-corrected chi connectivity index (χ0v) is 17.1. The van der Waals surface area contributed by atoms with Crippen LogP contribution >= 0.6 is 0 Å². The largest absolute Gasteiger partial charge is 0.488 e. The van der Waals surface area contributed by atoms with Crippen LogP contribution in [0.5, 0.6) is 5.75 Å². The molecule has 0 aliphatic rings. The van der Waals surface area contributed by atoms with Gasteiger partial charge in [0.2, 0.25) is 5.91 Å². The van der Waals surface area contributed by atoms with E-state index in [0.717, 1.165) is 22.0 Å². The number of ether oxygens (including phenoxy) is 1. The number of aromatic nitrogens is 1. The number of hydrogen-bond acceptors (Lipinski definition) is 5. The third-order valence-electron chi connectivity index (χ3n) is 5.07. The standard InChI is InChI=1S/C24H21N3O4/c1-14-21(15(2)31-27-14)13-30-22-12-18-6-4-3-5-17(18)11-20(22)24(29)26-19-9-7-16(8-10-19)23(25)28/h3-12H,13H2,1-2H3,(H2,25,28)(H,26,29). The summed E-state index contributed by atoms with van der Waals surface area (Å²) < 4.78 is 11.2. The number of nitrogens with two attached hydrogens (primary N) is 1. The van der Waals surface area contributed by atoms with Crippen molar-refractivity contribution in [1.29, 1.82) is 0 Å². The molecule has 0 radical (unpaired) electrons. The maximum atomic E-state index is 13.1. The molecule has 4 aromatic rings. The molecule has 7 heteroatoms. The number of nitrogens with one attached hydrogen (secondary N) is 1. The van der Waals surface area contributed by atoms with Gasteiger partial charge < -0.3 is 20.3 Å². The lowest BCUT2D eigenvalue weighted by Gasteiger charge is -2.14. The van der Waals surface area contributed by atoms with Crippen molar-refractivity contribution in [3.8, 4) is 5.75 Å². The van der Waals surface area contributed by atoms with Gasteiger partial charge in [0.15, 0.2) is 0 Å². The predicted molar refractivity (Wildman–Crippen MR) is 117 cm³/mol. The van der Waals surface area contributed by atoms with Gasteiger partial charge in [-0.2, -0.15) is 0 Å². The summed E-state index contributed by atoms with van der Waals surface area (Å²) in [7, 11) is 0. The zero-order valence-electron chi connectivity index (χ0n) is 17.1. The molecule has 0 saturated carbocycles. The molecule has 7 nitrogen and oxygen atoms in total. The molecule has 0 unspecified atom stereocenters. The van der Waals surface area contributed by atoms with Crippen LogP contribution in [0.2, 0.25) is 0 Å². The Morgan fingerprint density at radius 1 is 1.03 bits per heavy atom. The maximum absolute atomic E-state index is 13.1. The Morgan fingerprint density at radius 2 is 1.71 bits per heavy atom. The van der Waals surface area contributed by atoms with Crippen molar-refractivity contribution in [2.45, 2.75) is 20.5 Å². The second-order valence-corrected chi connectivity index (χ2v) is 7.18. The highest BCUT2D eigenvalue weighted by Crippen LogP contribution is 2.28. The summed E-state index contributed by atoms with van der Waals surface area (Å²) in [5.74, 6) is 0.276. The molecule has 1 aromatic heterocycles. The topological polar surface area (TPSA) is 107 Å². The van der Waals surface area contributed by atoms with E-state index in [4.69, 9.17) is 15.0 Å². The Balaban J connectivity index is 1.65. The van der Waals surface area contributed by atoms with E-state index in [-0.39, 0.29) is 12.5 Å². The number of amides is 2. The minimum Gasteiger partial charge on any atom is -0.488 e. The van der Waals surface area contributed by atoms with Crippen molar-refractivity contribution < 1.29 is 18.8 Å². The van der Waals surface area contributed by atoms with Crippen LogP contribution in [0.4, 0.5) is 5.69 Å². The molecular weight excluding hydrogens is 394 g/mol. The van der Waals surface area contributed by atoms with Crippen molar-refractivity contribution in [3.05, 3.63) is 88.8 Å². The molecule has 156 valence electrons. The number of primary amides is 1. The third kappa shape index (κ3) is 4.25. The van der Waals surface area contributed by atoms with Crippen LogP contribution in [-0.2, 0) is 6.61 Å². The van der Waals surface area contributed by atoms with Gasteiger partial charge >= 0.3 is 0 Å². The minimum absolute atomic E-state index is 0.229. The molecule has 3 N–H and O–H groups in total. The maximum Gasteiger partial charge on any atom is 0.259 e. The molecule has 31 heavy (non-hydrogen) atoms. The molecule has 3 aromatic carbocycles. The van der Waals surface area contributed by atoms with Gasteiger partial charge in [0.05, 0.1) is 16.8 Å². The van der Waals surface area contributed by atoms with E-state index in [1.54, 1.807) is 30.3 Å². The van der Waals surface area contributed by atoms with Crippen LogP contribution < -0.4 is 15.8 Å². The molecule has 0 aliphatic heterocycles. The van der Waals surface area contributed by atoms with E-state index in [9.17, 15) is 9.59 Å². The average molecular weight is 415 g/mol. The first-order valence-corrected chi connectivity index (χ1v) is 9.71. The second-order valence-electron chi connectivity index (χ2n) is 7.18. The Labute approximate surface area is 178 Å². The number of fused-ring (bicyclic) bond motifs is 1. The van der Waals surface area contributed by atoms with E-state index in [1.165, 1.54) is 0 Å². The van der Waals surface area contributed by atoms with Crippen molar-refractivity contribution in [3.63, 3.8) is 0 Å². The molecule has 0 bridgehead atoms. The van der Waals surface area contributed by atoms with Gasteiger partial charge in [-0.3, -0.25) is 9.59 Å². The van der Waals surface area contributed by atoms with E-state index < -0.39 is 5.91 Å². The summed E-state index contributed by atoms with van der Waals surface area (Å²) in [4.78, 5) is 24.3. The Hall–Kier alpha value is -4.13. The molecule has 2 amide bonds. The number of anilines is 1. The van der Waals surface area contributed by atoms with Gasteiger partial charge in [-0.15, -0.1) is 0 Å². The first kappa shape index (κ1) is 20.2. The van der Waals surface area contributed by atoms with Gasteiger partial charge in [0.1, 0.15) is 18.1 Å². The molecule has 0 saturated heterocycles. The highest BCUT2D eigenvalue weighted by Gasteiger charge is 2.17. The fourth-order valence-electron chi connectivity index (χ4n) is 3.29. The number of carbonyl (C=O) groups is 2. The number of benzene rings is 3. The first-order chi connectivity index (χ1) is 14.9. The normalized spacial score (nSPS) is 10.8. The fourth-order valence-corrected chi connectivity index (χ4v) is 3.29. The number of aryl methyl sites for hydroxylation is 2. The first-order valence-electron chi connectivity index (χ1n) is 9.71. The van der Waals surface area contributed by atoms with E-state index in [2.05, 4.69) is 10.5 Å². The SMILES string of the molecule is Cc1noc(C)c1COc1cc2ccccc2cc1C(=O)Nc1ccc(C(N)=O)cc1. The molecule has 1 heterocycles. The highest BCUT2D eigenvalue weighted by molar-refractivity contribution is 6.09. The quantitative estimate of drug-likeness (QED) is 0.486. The number of carbonyl (C=O) groups excluding carboxylic acids is 2. The van der Waals surface area contributed by atoms with Crippen LogP contribution in [0, 0.1) is 13.8 Å². The molecule has 0 atom stereocenters. The van der Waals surface area contributed by atoms with E-state index in [1.807, 2.05) is 44.2 Å². The smallest absolute Gasteiger partial charge is 0.259 e. The number of hydrogen-bond donors (Lipinski definition) is 2. The Morgan fingerprint density at radius 3 is 2.32 bits per heavy atom. The monoisotopic (exact) mass is 415 g/mol. The van der Waals surface area contributed by atoms with Gasteiger partial charge in [-0.05, 0) is 61.0 Å². The van der Waals surface area contributed by atoms with Gasteiger partial charge in [-0.1, -0.05) is 29.4 Å². The molecule has 0 spiro atoms. The van der Waals surface area contributed by atoms with Crippen LogP contribution in [0.1, 0.15) is 37.7 Å². The molecule has 0 aliphatic carbocycles. The van der Waals surface area contributed by atoms with Gasteiger partial charge in [0.25, 0.3) is 5.91 Å². The number of nitrogens with zero attached hydrogens (tertiary/aromatic N) is 1. The average Bonchev–Trinajstić information content (AvgIpc) is 3.09. The zero-order chi connectivity index (χ0) is 22.0. The van der Waals surface area contributed by atoms with Crippen molar-refractivity contribution in [2.24, 2.45) is 5.73 Å². The summed E-state index contributed by atoms with van der Waals surface area (Å²) in [5.41, 5.74) is 8.17.